The normalized spacial score (nSPS) is 25.9. The summed E-state index contributed by atoms with van der Waals surface area (Å²) in [5.41, 5.74) is -0.0496. The first kappa shape index (κ1) is 21.4. The Morgan fingerprint density at radius 2 is 1.89 bits per heavy atom. The van der Waals surface area contributed by atoms with Crippen LogP contribution < -0.4 is 10.6 Å². The highest BCUT2D eigenvalue weighted by molar-refractivity contribution is 5.81. The van der Waals surface area contributed by atoms with Gasteiger partial charge < -0.3 is 20.3 Å². The molecule has 3 fully saturated rings. The fraction of sp³-hybridized carbons (Fsp3) is 0.909. The van der Waals surface area contributed by atoms with Gasteiger partial charge in [-0.05, 0) is 38.5 Å². The van der Waals surface area contributed by atoms with Crippen LogP contribution in [-0.2, 0) is 9.53 Å². The van der Waals surface area contributed by atoms with E-state index >= 15 is 0 Å². The van der Waals surface area contributed by atoms with Gasteiger partial charge in [-0.3, -0.25) is 9.79 Å². The Balaban J connectivity index is 1.47. The molecule has 160 valence electrons. The molecule has 1 heterocycles. The van der Waals surface area contributed by atoms with Gasteiger partial charge in [0.05, 0.1) is 5.60 Å². The second-order valence-corrected chi connectivity index (χ2v) is 8.91. The van der Waals surface area contributed by atoms with Gasteiger partial charge in [-0.1, -0.05) is 39.0 Å². The second kappa shape index (κ2) is 10.5. The first-order valence-corrected chi connectivity index (χ1v) is 11.6. The molecule has 1 saturated heterocycles. The third kappa shape index (κ3) is 5.62. The van der Waals surface area contributed by atoms with E-state index < -0.39 is 0 Å². The zero-order valence-electron chi connectivity index (χ0n) is 18.0. The monoisotopic (exact) mass is 392 g/mol. The van der Waals surface area contributed by atoms with Crippen molar-refractivity contribution < 1.29 is 9.53 Å². The van der Waals surface area contributed by atoms with Crippen LogP contribution in [0.15, 0.2) is 4.99 Å². The molecule has 1 atom stereocenters. The van der Waals surface area contributed by atoms with Gasteiger partial charge in [0.1, 0.15) is 0 Å². The van der Waals surface area contributed by atoms with Gasteiger partial charge in [0.15, 0.2) is 5.96 Å². The largest absolute Gasteiger partial charge is 0.373 e. The predicted octanol–water partition coefficient (Wildman–Crippen LogP) is 3.07. The fourth-order valence-electron chi connectivity index (χ4n) is 5.03. The molecule has 3 aliphatic rings. The smallest absolute Gasteiger partial charge is 0.225 e. The molecule has 0 aromatic rings. The number of rotatable bonds is 7. The van der Waals surface area contributed by atoms with Gasteiger partial charge in [-0.15, -0.1) is 0 Å². The van der Waals surface area contributed by atoms with Gasteiger partial charge in [0.2, 0.25) is 5.91 Å². The van der Waals surface area contributed by atoms with Gasteiger partial charge in [-0.25, -0.2) is 0 Å². The highest BCUT2D eigenvalue weighted by Gasteiger charge is 2.34. The van der Waals surface area contributed by atoms with Crippen molar-refractivity contribution in [2.45, 2.75) is 89.2 Å². The highest BCUT2D eigenvalue weighted by Crippen LogP contribution is 2.31. The Hall–Kier alpha value is -1.30. The average molecular weight is 393 g/mol. The number of guanidine groups is 1. The number of aliphatic imine (C=N–C) groups is 1. The topological polar surface area (TPSA) is 66.0 Å². The molecule has 0 aromatic carbocycles. The Kier molecular flexibility index (Phi) is 8.00. The van der Waals surface area contributed by atoms with E-state index in [1.807, 2.05) is 7.05 Å². The van der Waals surface area contributed by atoms with Crippen LogP contribution in [0.2, 0.25) is 0 Å². The quantitative estimate of drug-likeness (QED) is 0.516. The van der Waals surface area contributed by atoms with Crippen LogP contribution in [0.4, 0.5) is 0 Å². The minimum atomic E-state index is -0.0496. The molecule has 0 radical (unpaired) electrons. The number of nitrogens with one attached hydrogen (secondary N) is 2. The number of carbonyl (C=O) groups excluding carboxylic acids is 1. The standard InChI is InChI=1S/C22H40N4O2/c1-3-15-28-22(12-7-4-8-13-22)17-24-21(23-2)25-19-11-14-26(16-19)20(27)18-9-5-6-10-18/h18-19H,3-17H2,1-2H3,(H2,23,24,25). The van der Waals surface area contributed by atoms with Crippen molar-refractivity contribution in [2.24, 2.45) is 10.9 Å². The average Bonchev–Trinajstić information content (AvgIpc) is 3.42. The number of nitrogens with zero attached hydrogens (tertiary/aromatic N) is 2. The van der Waals surface area contributed by atoms with Crippen LogP contribution in [0.5, 0.6) is 0 Å². The Bertz CT molecular complexity index is 525. The molecule has 1 aliphatic heterocycles. The van der Waals surface area contributed by atoms with E-state index in [2.05, 4.69) is 27.4 Å². The molecule has 28 heavy (non-hydrogen) atoms. The summed E-state index contributed by atoms with van der Waals surface area (Å²) in [5, 5.41) is 7.07. The van der Waals surface area contributed by atoms with Crippen LogP contribution in [-0.4, -0.2) is 61.7 Å². The maximum Gasteiger partial charge on any atom is 0.225 e. The van der Waals surface area contributed by atoms with Gasteiger partial charge in [0.25, 0.3) is 0 Å². The minimum absolute atomic E-state index is 0.0496. The number of hydrogen-bond acceptors (Lipinski definition) is 3. The van der Waals surface area contributed by atoms with Crippen LogP contribution in [0.3, 0.4) is 0 Å². The van der Waals surface area contributed by atoms with Crippen molar-refractivity contribution in [2.75, 3.05) is 33.3 Å². The summed E-state index contributed by atoms with van der Waals surface area (Å²) in [4.78, 5) is 19.2. The second-order valence-electron chi connectivity index (χ2n) is 8.91. The van der Waals surface area contributed by atoms with Crippen LogP contribution >= 0.6 is 0 Å². The number of ether oxygens (including phenoxy) is 1. The van der Waals surface area contributed by atoms with Gasteiger partial charge in [0, 0.05) is 45.2 Å². The first-order chi connectivity index (χ1) is 13.7. The zero-order valence-corrected chi connectivity index (χ0v) is 18.0. The lowest BCUT2D eigenvalue weighted by Crippen LogP contribution is -2.52. The summed E-state index contributed by atoms with van der Waals surface area (Å²) < 4.78 is 6.29. The molecule has 2 N–H and O–H groups in total. The van der Waals surface area contributed by atoms with Crippen molar-refractivity contribution >= 4 is 11.9 Å². The third-order valence-corrected chi connectivity index (χ3v) is 6.72. The maximum atomic E-state index is 12.7. The summed E-state index contributed by atoms with van der Waals surface area (Å²) in [6.45, 7) is 5.48. The SMILES string of the molecule is CCCOC1(CNC(=NC)NC2CCN(C(=O)C3CCCC3)C2)CCCCC1. The molecule has 6 nitrogen and oxygen atoms in total. The minimum Gasteiger partial charge on any atom is -0.373 e. The number of carbonyl (C=O) groups is 1. The number of amides is 1. The molecule has 1 unspecified atom stereocenters. The highest BCUT2D eigenvalue weighted by atomic mass is 16.5. The van der Waals surface area contributed by atoms with E-state index in [-0.39, 0.29) is 17.6 Å². The van der Waals surface area contributed by atoms with E-state index in [1.54, 1.807) is 0 Å². The van der Waals surface area contributed by atoms with Gasteiger partial charge >= 0.3 is 0 Å². The van der Waals surface area contributed by atoms with Crippen molar-refractivity contribution in [3.63, 3.8) is 0 Å². The molecular weight excluding hydrogens is 352 g/mol. The third-order valence-electron chi connectivity index (χ3n) is 6.72. The summed E-state index contributed by atoms with van der Waals surface area (Å²) >= 11 is 0. The van der Waals surface area contributed by atoms with Crippen molar-refractivity contribution in [3.05, 3.63) is 0 Å². The Labute approximate surface area is 170 Å². The molecule has 0 spiro atoms. The molecule has 1 amide bonds. The number of hydrogen-bond donors (Lipinski definition) is 2. The first-order valence-electron chi connectivity index (χ1n) is 11.6. The lowest BCUT2D eigenvalue weighted by molar-refractivity contribution is -0.134. The van der Waals surface area contributed by atoms with Gasteiger partial charge in [-0.2, -0.15) is 0 Å². The van der Waals surface area contributed by atoms with Crippen molar-refractivity contribution in [3.8, 4) is 0 Å². The van der Waals surface area contributed by atoms with E-state index in [9.17, 15) is 4.79 Å². The van der Waals surface area contributed by atoms with Crippen LogP contribution in [0.1, 0.15) is 77.6 Å². The van der Waals surface area contributed by atoms with Crippen molar-refractivity contribution in [1.82, 2.24) is 15.5 Å². The summed E-state index contributed by atoms with van der Waals surface area (Å²) in [6.07, 6.45) is 12.7. The summed E-state index contributed by atoms with van der Waals surface area (Å²) in [6, 6.07) is 0.287. The molecule has 0 bridgehead atoms. The molecule has 0 aromatic heterocycles. The fourth-order valence-corrected chi connectivity index (χ4v) is 5.03. The molecule has 6 heteroatoms. The van der Waals surface area contributed by atoms with E-state index in [0.717, 1.165) is 70.7 Å². The Morgan fingerprint density at radius 3 is 2.57 bits per heavy atom. The Morgan fingerprint density at radius 1 is 1.14 bits per heavy atom. The maximum absolute atomic E-state index is 12.7. The van der Waals surface area contributed by atoms with Crippen molar-refractivity contribution in [1.29, 1.82) is 0 Å². The predicted molar refractivity (Wildman–Crippen MR) is 113 cm³/mol. The summed E-state index contributed by atoms with van der Waals surface area (Å²) in [7, 11) is 1.83. The van der Waals surface area contributed by atoms with E-state index in [0.29, 0.717) is 5.91 Å². The van der Waals surface area contributed by atoms with E-state index in [4.69, 9.17) is 4.74 Å². The summed E-state index contributed by atoms with van der Waals surface area (Å²) in [5.74, 6) is 1.49. The zero-order chi connectivity index (χ0) is 19.8. The van der Waals surface area contributed by atoms with Crippen LogP contribution in [0.25, 0.3) is 0 Å². The lowest BCUT2D eigenvalue weighted by Gasteiger charge is -2.38. The number of likely N-dealkylation sites (tertiary alicyclic amines) is 1. The lowest BCUT2D eigenvalue weighted by atomic mass is 9.84. The molecule has 3 rings (SSSR count). The molecule has 2 aliphatic carbocycles. The van der Waals surface area contributed by atoms with Crippen LogP contribution in [0, 0.1) is 5.92 Å². The molecular formula is C22H40N4O2. The van der Waals surface area contributed by atoms with E-state index in [1.165, 1.54) is 32.1 Å². The molecule has 2 saturated carbocycles.